The number of carbonyl (C=O) groups excluding carboxylic acids is 3. The van der Waals surface area contributed by atoms with Crippen molar-refractivity contribution >= 4 is 41.1 Å². The van der Waals surface area contributed by atoms with Crippen molar-refractivity contribution in [3.8, 4) is 0 Å². The van der Waals surface area contributed by atoms with Crippen molar-refractivity contribution in [1.29, 1.82) is 0 Å². The Morgan fingerprint density at radius 3 is 2.20 bits per heavy atom. The summed E-state index contributed by atoms with van der Waals surface area (Å²) >= 11 is 7.41. The van der Waals surface area contributed by atoms with Crippen LogP contribution in [0.25, 0.3) is 0 Å². The van der Waals surface area contributed by atoms with Crippen LogP contribution < -0.4 is 5.32 Å². The van der Waals surface area contributed by atoms with Gasteiger partial charge in [-0.2, -0.15) is 0 Å². The molecule has 0 atom stereocenters. The molecule has 0 aliphatic carbocycles. The van der Waals surface area contributed by atoms with Crippen LogP contribution in [0.3, 0.4) is 0 Å². The van der Waals surface area contributed by atoms with Crippen molar-refractivity contribution in [2.75, 3.05) is 18.8 Å². The number of hydrogen-bond acceptors (Lipinski definition) is 4. The quantitative estimate of drug-likeness (QED) is 0.479. The molecule has 1 heterocycles. The zero-order valence-electron chi connectivity index (χ0n) is 13.2. The number of halogens is 1. The summed E-state index contributed by atoms with van der Waals surface area (Å²) in [5.74, 6) is -0.529. The molecule has 2 aromatic rings. The van der Waals surface area contributed by atoms with Gasteiger partial charge in [0, 0.05) is 22.2 Å². The van der Waals surface area contributed by atoms with Crippen molar-refractivity contribution in [2.24, 2.45) is 0 Å². The fraction of sp³-hybridized carbons (Fsp3) is 0.167. The SMILES string of the molecule is O=C(CN1C(=O)c2ccccc2C1=O)NCCSc1ccc(Cl)cc1. The molecule has 3 amide bonds. The zero-order valence-corrected chi connectivity index (χ0v) is 14.8. The Bertz CT molecular complexity index is 788. The van der Waals surface area contributed by atoms with E-state index in [1.54, 1.807) is 36.0 Å². The Kier molecular flexibility index (Phi) is 5.40. The first-order chi connectivity index (χ1) is 12.1. The first kappa shape index (κ1) is 17.5. The third-order valence-electron chi connectivity index (χ3n) is 3.69. The van der Waals surface area contributed by atoms with Gasteiger partial charge >= 0.3 is 0 Å². The van der Waals surface area contributed by atoms with Gasteiger partial charge in [0.25, 0.3) is 11.8 Å². The molecule has 128 valence electrons. The third kappa shape index (κ3) is 4.03. The maximum Gasteiger partial charge on any atom is 0.262 e. The number of amides is 3. The van der Waals surface area contributed by atoms with Crippen LogP contribution in [-0.2, 0) is 4.79 Å². The lowest BCUT2D eigenvalue weighted by Crippen LogP contribution is -2.40. The van der Waals surface area contributed by atoms with Gasteiger partial charge in [0.15, 0.2) is 0 Å². The number of thioether (sulfide) groups is 1. The van der Waals surface area contributed by atoms with E-state index in [4.69, 9.17) is 11.6 Å². The minimum absolute atomic E-state index is 0.266. The summed E-state index contributed by atoms with van der Waals surface area (Å²) < 4.78 is 0. The summed E-state index contributed by atoms with van der Waals surface area (Å²) in [5, 5.41) is 3.41. The maximum absolute atomic E-state index is 12.2. The van der Waals surface area contributed by atoms with Crippen LogP contribution in [0.4, 0.5) is 0 Å². The fourth-order valence-corrected chi connectivity index (χ4v) is 3.37. The van der Waals surface area contributed by atoms with Gasteiger partial charge in [-0.1, -0.05) is 23.7 Å². The number of hydrogen-bond donors (Lipinski definition) is 1. The highest BCUT2D eigenvalue weighted by atomic mass is 35.5. The molecule has 3 rings (SSSR count). The maximum atomic E-state index is 12.2. The predicted molar refractivity (Wildman–Crippen MR) is 97.0 cm³/mol. The van der Waals surface area contributed by atoms with Gasteiger partial charge in [-0.25, -0.2) is 0 Å². The van der Waals surface area contributed by atoms with Gasteiger partial charge in [-0.15, -0.1) is 11.8 Å². The number of benzene rings is 2. The van der Waals surface area contributed by atoms with E-state index in [0.717, 1.165) is 9.80 Å². The first-order valence-corrected chi connectivity index (χ1v) is 9.03. The van der Waals surface area contributed by atoms with Crippen molar-refractivity contribution in [3.63, 3.8) is 0 Å². The predicted octanol–water partition coefficient (Wildman–Crippen LogP) is 2.84. The monoisotopic (exact) mass is 374 g/mol. The highest BCUT2D eigenvalue weighted by Crippen LogP contribution is 2.22. The molecule has 0 aromatic heterocycles. The van der Waals surface area contributed by atoms with Gasteiger partial charge in [-0.3, -0.25) is 19.3 Å². The van der Waals surface area contributed by atoms with Crippen molar-refractivity contribution < 1.29 is 14.4 Å². The minimum atomic E-state index is -0.425. The van der Waals surface area contributed by atoms with Crippen molar-refractivity contribution in [3.05, 3.63) is 64.7 Å². The first-order valence-electron chi connectivity index (χ1n) is 7.66. The highest BCUT2D eigenvalue weighted by Gasteiger charge is 2.36. The molecule has 2 aromatic carbocycles. The minimum Gasteiger partial charge on any atom is -0.354 e. The second-order valence-electron chi connectivity index (χ2n) is 5.39. The van der Waals surface area contributed by atoms with E-state index < -0.39 is 11.8 Å². The average Bonchev–Trinajstić information content (AvgIpc) is 2.86. The standard InChI is InChI=1S/C18H15ClN2O3S/c19-12-5-7-13(8-6-12)25-10-9-20-16(22)11-21-17(23)14-3-1-2-4-15(14)18(21)24/h1-8H,9-11H2,(H,20,22). The topological polar surface area (TPSA) is 66.5 Å². The zero-order chi connectivity index (χ0) is 17.8. The van der Waals surface area contributed by atoms with E-state index in [-0.39, 0.29) is 12.5 Å². The molecule has 0 saturated heterocycles. The Balaban J connectivity index is 1.46. The molecule has 0 unspecified atom stereocenters. The molecule has 0 radical (unpaired) electrons. The van der Waals surface area contributed by atoms with Crippen LogP contribution in [0, 0.1) is 0 Å². The Hall–Kier alpha value is -2.31. The normalized spacial score (nSPS) is 13.1. The number of imide groups is 1. The van der Waals surface area contributed by atoms with E-state index in [0.29, 0.717) is 28.4 Å². The lowest BCUT2D eigenvalue weighted by atomic mass is 10.1. The van der Waals surface area contributed by atoms with Gasteiger partial charge < -0.3 is 5.32 Å². The van der Waals surface area contributed by atoms with E-state index in [1.165, 1.54) is 0 Å². The number of carbonyl (C=O) groups is 3. The Labute approximate surface area is 154 Å². The van der Waals surface area contributed by atoms with Crippen LogP contribution in [-0.4, -0.2) is 41.5 Å². The van der Waals surface area contributed by atoms with E-state index in [9.17, 15) is 14.4 Å². The molecule has 0 spiro atoms. The molecule has 7 heteroatoms. The van der Waals surface area contributed by atoms with Gasteiger partial charge in [0.05, 0.1) is 11.1 Å². The average molecular weight is 375 g/mol. The van der Waals surface area contributed by atoms with Gasteiger partial charge in [-0.05, 0) is 36.4 Å². The second kappa shape index (κ2) is 7.72. The lowest BCUT2D eigenvalue weighted by molar-refractivity contribution is -0.121. The summed E-state index contributed by atoms with van der Waals surface area (Å²) in [5.41, 5.74) is 0.692. The number of nitrogens with zero attached hydrogens (tertiary/aromatic N) is 1. The van der Waals surface area contributed by atoms with Crippen LogP contribution in [0.15, 0.2) is 53.4 Å². The summed E-state index contributed by atoms with van der Waals surface area (Å²) in [6.45, 7) is 0.174. The lowest BCUT2D eigenvalue weighted by Gasteiger charge is -2.13. The number of rotatable bonds is 6. The molecule has 0 fully saturated rings. The smallest absolute Gasteiger partial charge is 0.262 e. The molecular weight excluding hydrogens is 360 g/mol. The number of nitrogens with one attached hydrogen (secondary N) is 1. The van der Waals surface area contributed by atoms with Crippen LogP contribution >= 0.6 is 23.4 Å². The Morgan fingerprint density at radius 2 is 1.60 bits per heavy atom. The third-order valence-corrected chi connectivity index (χ3v) is 4.95. The van der Waals surface area contributed by atoms with Crippen molar-refractivity contribution in [1.82, 2.24) is 10.2 Å². The van der Waals surface area contributed by atoms with E-state index >= 15 is 0 Å². The van der Waals surface area contributed by atoms with Gasteiger partial charge in [0.1, 0.15) is 6.54 Å². The fourth-order valence-electron chi connectivity index (χ4n) is 2.47. The van der Waals surface area contributed by atoms with Crippen molar-refractivity contribution in [2.45, 2.75) is 4.90 Å². The highest BCUT2D eigenvalue weighted by molar-refractivity contribution is 7.99. The molecule has 1 aliphatic rings. The second-order valence-corrected chi connectivity index (χ2v) is 7.00. The molecule has 5 nitrogen and oxygen atoms in total. The summed E-state index contributed by atoms with van der Waals surface area (Å²) in [6, 6.07) is 14.0. The molecule has 0 bridgehead atoms. The Morgan fingerprint density at radius 1 is 1.00 bits per heavy atom. The number of fused-ring (bicyclic) bond motifs is 1. The van der Waals surface area contributed by atoms with Crippen LogP contribution in [0.5, 0.6) is 0 Å². The molecule has 25 heavy (non-hydrogen) atoms. The van der Waals surface area contributed by atoms with Gasteiger partial charge in [0.2, 0.25) is 5.91 Å². The van der Waals surface area contributed by atoms with E-state index in [1.807, 2.05) is 24.3 Å². The van der Waals surface area contributed by atoms with Crippen LogP contribution in [0.2, 0.25) is 5.02 Å². The molecule has 0 saturated carbocycles. The molecule has 1 N–H and O–H groups in total. The molecular formula is C18H15ClN2O3S. The van der Waals surface area contributed by atoms with Crippen LogP contribution in [0.1, 0.15) is 20.7 Å². The summed E-state index contributed by atoms with van der Waals surface area (Å²) in [4.78, 5) is 38.4. The summed E-state index contributed by atoms with van der Waals surface area (Å²) in [6.07, 6.45) is 0. The summed E-state index contributed by atoms with van der Waals surface area (Å²) in [7, 11) is 0. The largest absolute Gasteiger partial charge is 0.354 e. The van der Waals surface area contributed by atoms with E-state index in [2.05, 4.69) is 5.32 Å². The molecule has 1 aliphatic heterocycles.